The van der Waals surface area contributed by atoms with E-state index in [0.29, 0.717) is 6.54 Å². The predicted molar refractivity (Wildman–Crippen MR) is 63.6 cm³/mol. The highest BCUT2D eigenvalue weighted by atomic mass is 79.9. The molecule has 0 amide bonds. The molecule has 0 aromatic carbocycles. The van der Waals surface area contributed by atoms with Crippen LogP contribution in [0.25, 0.3) is 0 Å². The molecule has 6 heteroatoms. The van der Waals surface area contributed by atoms with E-state index in [1.165, 1.54) is 0 Å². The highest BCUT2D eigenvalue weighted by molar-refractivity contribution is 9.11. The van der Waals surface area contributed by atoms with Crippen LogP contribution in [0, 0.1) is 6.92 Å². The largest absolute Gasteiger partial charge is 0.251 e. The maximum absolute atomic E-state index is 4.38. The second-order valence-electron chi connectivity index (χ2n) is 2.81. The summed E-state index contributed by atoms with van der Waals surface area (Å²) >= 11 is 8.41. The van der Waals surface area contributed by atoms with Crippen LogP contribution in [0.5, 0.6) is 0 Å². The Bertz CT molecular complexity index is 449. The Kier molecular flexibility index (Phi) is 3.04. The first-order valence-electron chi connectivity index (χ1n) is 3.95. The van der Waals surface area contributed by atoms with E-state index in [1.54, 1.807) is 11.3 Å². The number of hydrogen-bond donors (Lipinski definition) is 0. The van der Waals surface area contributed by atoms with Gasteiger partial charge in [-0.15, -0.1) is 11.3 Å². The standard InChI is InChI=1S/C8H7Br2N3S/c1-5-11-6(4-14-5)3-13-8(10)2-7(9)12-13/h2,4H,3H2,1H3. The molecule has 2 heterocycles. The lowest BCUT2D eigenvalue weighted by Gasteiger charge is -1.98. The topological polar surface area (TPSA) is 30.7 Å². The van der Waals surface area contributed by atoms with Crippen molar-refractivity contribution >= 4 is 43.2 Å². The number of nitrogens with zero attached hydrogens (tertiary/aromatic N) is 3. The minimum absolute atomic E-state index is 0.705. The van der Waals surface area contributed by atoms with Crippen molar-refractivity contribution in [2.75, 3.05) is 0 Å². The minimum atomic E-state index is 0.705. The van der Waals surface area contributed by atoms with Crippen molar-refractivity contribution < 1.29 is 0 Å². The van der Waals surface area contributed by atoms with Crippen molar-refractivity contribution in [2.24, 2.45) is 0 Å². The minimum Gasteiger partial charge on any atom is -0.251 e. The molecule has 14 heavy (non-hydrogen) atoms. The zero-order valence-electron chi connectivity index (χ0n) is 7.37. The Labute approximate surface area is 102 Å². The van der Waals surface area contributed by atoms with Crippen molar-refractivity contribution in [2.45, 2.75) is 13.5 Å². The van der Waals surface area contributed by atoms with Crippen LogP contribution < -0.4 is 0 Å². The summed E-state index contributed by atoms with van der Waals surface area (Å²) in [5, 5.41) is 7.40. The molecule has 0 N–H and O–H groups in total. The molecule has 0 atom stereocenters. The van der Waals surface area contributed by atoms with Crippen LogP contribution in [-0.2, 0) is 6.54 Å². The molecule has 0 saturated carbocycles. The summed E-state index contributed by atoms with van der Waals surface area (Å²) in [6, 6.07) is 1.92. The third kappa shape index (κ3) is 2.24. The van der Waals surface area contributed by atoms with Gasteiger partial charge in [0.25, 0.3) is 0 Å². The van der Waals surface area contributed by atoms with Gasteiger partial charge < -0.3 is 0 Å². The van der Waals surface area contributed by atoms with E-state index in [9.17, 15) is 0 Å². The van der Waals surface area contributed by atoms with Gasteiger partial charge in [-0.3, -0.25) is 4.68 Å². The molecule has 3 nitrogen and oxygen atoms in total. The van der Waals surface area contributed by atoms with E-state index < -0.39 is 0 Å². The molecule has 0 aliphatic carbocycles. The van der Waals surface area contributed by atoms with Gasteiger partial charge in [0.1, 0.15) is 9.21 Å². The highest BCUT2D eigenvalue weighted by Gasteiger charge is 2.05. The molecule has 0 bridgehead atoms. The third-order valence-electron chi connectivity index (χ3n) is 1.68. The smallest absolute Gasteiger partial charge is 0.129 e. The summed E-state index contributed by atoms with van der Waals surface area (Å²) in [6.45, 7) is 2.71. The number of thiazole rings is 1. The SMILES string of the molecule is Cc1nc(Cn2nc(Br)cc2Br)cs1. The van der Waals surface area contributed by atoms with Gasteiger partial charge in [-0.05, 0) is 38.8 Å². The molecule has 0 saturated heterocycles. The summed E-state index contributed by atoms with van der Waals surface area (Å²) in [7, 11) is 0. The molecule has 2 aromatic rings. The molecule has 74 valence electrons. The fraction of sp³-hybridized carbons (Fsp3) is 0.250. The molecular formula is C8H7Br2N3S. The molecule has 0 aliphatic rings. The average Bonchev–Trinajstić information content (AvgIpc) is 2.61. The molecule has 0 radical (unpaired) electrons. The first kappa shape index (κ1) is 10.3. The van der Waals surface area contributed by atoms with E-state index in [2.05, 4.69) is 47.3 Å². The van der Waals surface area contributed by atoms with Crippen LogP contribution in [-0.4, -0.2) is 14.8 Å². The maximum Gasteiger partial charge on any atom is 0.129 e. The monoisotopic (exact) mass is 335 g/mol. The second-order valence-corrected chi connectivity index (χ2v) is 5.49. The van der Waals surface area contributed by atoms with Crippen molar-refractivity contribution in [1.82, 2.24) is 14.8 Å². The summed E-state index contributed by atoms with van der Waals surface area (Å²) in [4.78, 5) is 4.38. The van der Waals surface area contributed by atoms with Crippen molar-refractivity contribution in [3.63, 3.8) is 0 Å². The van der Waals surface area contributed by atoms with Crippen LogP contribution in [0.2, 0.25) is 0 Å². The normalized spacial score (nSPS) is 10.8. The predicted octanol–water partition coefficient (Wildman–Crippen LogP) is 3.22. The van der Waals surface area contributed by atoms with Crippen LogP contribution in [0.3, 0.4) is 0 Å². The number of halogens is 2. The molecule has 0 fully saturated rings. The lowest BCUT2D eigenvalue weighted by molar-refractivity contribution is 0.656. The molecule has 0 spiro atoms. The highest BCUT2D eigenvalue weighted by Crippen LogP contribution is 2.18. The first-order valence-corrected chi connectivity index (χ1v) is 6.41. The lowest BCUT2D eigenvalue weighted by Crippen LogP contribution is -2.02. The number of hydrogen-bond acceptors (Lipinski definition) is 3. The molecule has 0 aliphatic heterocycles. The van der Waals surface area contributed by atoms with Gasteiger partial charge in [0.05, 0.1) is 17.2 Å². The van der Waals surface area contributed by atoms with E-state index in [0.717, 1.165) is 19.9 Å². The fourth-order valence-corrected chi connectivity index (χ4v) is 2.85. The quantitative estimate of drug-likeness (QED) is 0.843. The van der Waals surface area contributed by atoms with E-state index in [4.69, 9.17) is 0 Å². The summed E-state index contributed by atoms with van der Waals surface area (Å²) < 4.78 is 3.64. The van der Waals surface area contributed by atoms with Gasteiger partial charge in [-0.2, -0.15) is 5.10 Å². The van der Waals surface area contributed by atoms with Crippen LogP contribution in [0.15, 0.2) is 20.7 Å². The number of aromatic nitrogens is 3. The third-order valence-corrected chi connectivity index (χ3v) is 3.53. The van der Waals surface area contributed by atoms with Crippen molar-refractivity contribution in [3.05, 3.63) is 31.4 Å². The Balaban J connectivity index is 2.22. The van der Waals surface area contributed by atoms with Gasteiger partial charge in [0.2, 0.25) is 0 Å². The number of aryl methyl sites for hydroxylation is 1. The molecule has 2 rings (SSSR count). The first-order chi connectivity index (χ1) is 6.65. The fourth-order valence-electron chi connectivity index (χ4n) is 1.11. The Morgan fingerprint density at radius 2 is 2.29 bits per heavy atom. The Morgan fingerprint density at radius 1 is 1.50 bits per heavy atom. The van der Waals surface area contributed by atoms with Gasteiger partial charge in [0.15, 0.2) is 0 Å². The van der Waals surface area contributed by atoms with Crippen LogP contribution in [0.4, 0.5) is 0 Å². The Hall–Kier alpha value is -0.200. The van der Waals surface area contributed by atoms with Gasteiger partial charge in [-0.25, -0.2) is 4.98 Å². The lowest BCUT2D eigenvalue weighted by atomic mass is 10.5. The second kappa shape index (κ2) is 4.12. The van der Waals surface area contributed by atoms with Crippen molar-refractivity contribution in [3.8, 4) is 0 Å². The van der Waals surface area contributed by atoms with Gasteiger partial charge in [0, 0.05) is 11.4 Å². The zero-order valence-corrected chi connectivity index (χ0v) is 11.4. The van der Waals surface area contributed by atoms with Crippen molar-refractivity contribution in [1.29, 1.82) is 0 Å². The number of rotatable bonds is 2. The summed E-state index contributed by atoms with van der Waals surface area (Å²) in [5.41, 5.74) is 1.05. The molecule has 0 unspecified atom stereocenters. The van der Waals surface area contributed by atoms with E-state index in [1.807, 2.05) is 17.7 Å². The van der Waals surface area contributed by atoms with Gasteiger partial charge in [-0.1, -0.05) is 0 Å². The van der Waals surface area contributed by atoms with E-state index >= 15 is 0 Å². The Morgan fingerprint density at radius 3 is 2.79 bits per heavy atom. The van der Waals surface area contributed by atoms with Crippen LogP contribution in [0.1, 0.15) is 10.7 Å². The molecule has 2 aromatic heterocycles. The summed E-state index contributed by atoms with van der Waals surface area (Å²) in [6.07, 6.45) is 0. The van der Waals surface area contributed by atoms with E-state index in [-0.39, 0.29) is 0 Å². The maximum atomic E-state index is 4.38. The molecular weight excluding hydrogens is 330 g/mol. The van der Waals surface area contributed by atoms with Crippen LogP contribution >= 0.6 is 43.2 Å². The summed E-state index contributed by atoms with van der Waals surface area (Å²) in [5.74, 6) is 0. The van der Waals surface area contributed by atoms with Gasteiger partial charge >= 0.3 is 0 Å². The zero-order chi connectivity index (χ0) is 10.1. The average molecular weight is 337 g/mol.